The lowest BCUT2D eigenvalue weighted by atomic mass is 9.83. The molecule has 0 aliphatic carbocycles. The molecule has 0 bridgehead atoms. The Morgan fingerprint density at radius 3 is 2.32 bits per heavy atom. The van der Waals surface area contributed by atoms with E-state index in [0.717, 1.165) is 28.0 Å². The molecule has 3 unspecified atom stereocenters. The number of benzene rings is 3. The zero-order valence-electron chi connectivity index (χ0n) is 21.4. The van der Waals surface area contributed by atoms with Crippen molar-refractivity contribution in [3.8, 4) is 5.75 Å². The van der Waals surface area contributed by atoms with E-state index < -0.39 is 40.6 Å². The molecule has 208 valence electrons. The minimum Gasteiger partial charge on any atom is -0.497 e. The molecule has 3 amide bonds. The number of aromatic nitrogens is 1. The number of carbonyl (C=O) groups excluding carboxylic acids is 3. The summed E-state index contributed by atoms with van der Waals surface area (Å²) < 4.78 is 20.1. The average Bonchev–Trinajstić information content (AvgIpc) is 3.40. The number of thiazole rings is 1. The summed E-state index contributed by atoms with van der Waals surface area (Å²) in [7, 11) is 1.54. The van der Waals surface area contributed by atoms with Gasteiger partial charge in [0.25, 0.3) is 0 Å². The average molecular weight is 610 g/mol. The van der Waals surface area contributed by atoms with Crippen molar-refractivity contribution in [1.82, 2.24) is 4.57 Å². The highest BCUT2D eigenvalue weighted by atomic mass is 35.5. The minimum atomic E-state index is -0.856. The van der Waals surface area contributed by atoms with Crippen molar-refractivity contribution >= 4 is 63.8 Å². The number of halogens is 2. The highest BCUT2D eigenvalue weighted by molar-refractivity contribution is 8.00. The Kier molecular flexibility index (Phi) is 7.18. The van der Waals surface area contributed by atoms with E-state index in [1.54, 1.807) is 55.6 Å². The predicted molar refractivity (Wildman–Crippen MR) is 156 cm³/mol. The lowest BCUT2D eigenvalue weighted by Crippen LogP contribution is -2.33. The largest absolute Gasteiger partial charge is 0.497 e. The van der Waals surface area contributed by atoms with Crippen LogP contribution in [-0.2, 0) is 20.9 Å². The van der Waals surface area contributed by atoms with Crippen LogP contribution in [0.5, 0.6) is 5.75 Å². The van der Waals surface area contributed by atoms with Crippen LogP contribution in [0.2, 0.25) is 5.02 Å². The smallest absolute Gasteiger partial charge is 0.308 e. The fraction of sp³-hybridized carbons (Fsp3) is 0.172. The molecule has 0 saturated carbocycles. The maximum Gasteiger partial charge on any atom is 0.308 e. The predicted octanol–water partition coefficient (Wildman–Crippen LogP) is 5.15. The van der Waals surface area contributed by atoms with Crippen LogP contribution >= 0.6 is 34.7 Å². The monoisotopic (exact) mass is 609 g/mol. The number of nitrogens with zero attached hydrogens (tertiary/aromatic N) is 2. The van der Waals surface area contributed by atoms with Gasteiger partial charge in [-0.1, -0.05) is 46.8 Å². The molecule has 1 fully saturated rings. The number of anilines is 2. The van der Waals surface area contributed by atoms with E-state index in [1.165, 1.54) is 28.8 Å². The lowest BCUT2D eigenvalue weighted by molar-refractivity contribution is -0.122. The summed E-state index contributed by atoms with van der Waals surface area (Å²) in [5.41, 5.74) is 1.52. The first-order valence-corrected chi connectivity index (χ1v) is 14.6. The Bertz CT molecular complexity index is 1720. The van der Waals surface area contributed by atoms with Crippen LogP contribution in [0.15, 0.2) is 82.6 Å². The van der Waals surface area contributed by atoms with Gasteiger partial charge in [0.2, 0.25) is 17.7 Å². The van der Waals surface area contributed by atoms with E-state index in [9.17, 15) is 23.6 Å². The van der Waals surface area contributed by atoms with Crippen LogP contribution < -0.4 is 19.8 Å². The summed E-state index contributed by atoms with van der Waals surface area (Å²) in [5, 5.41) is 2.89. The topological polar surface area (TPSA) is 97.7 Å². The molecule has 4 aromatic rings. The number of amides is 3. The van der Waals surface area contributed by atoms with Crippen LogP contribution in [0.3, 0.4) is 0 Å². The number of ether oxygens (including phenoxy) is 1. The zero-order valence-corrected chi connectivity index (χ0v) is 23.8. The molecule has 6 rings (SSSR count). The molecule has 2 aliphatic heterocycles. The quantitative estimate of drug-likeness (QED) is 0.304. The summed E-state index contributed by atoms with van der Waals surface area (Å²) >= 11 is 8.19. The van der Waals surface area contributed by atoms with Gasteiger partial charge in [0.1, 0.15) is 23.4 Å². The Hall–Kier alpha value is -3.93. The maximum atomic E-state index is 13.8. The second-order valence-electron chi connectivity index (χ2n) is 9.48. The molecule has 3 atom stereocenters. The molecular weight excluding hydrogens is 589 g/mol. The number of thioether (sulfide) groups is 1. The number of hydrogen-bond acceptors (Lipinski definition) is 7. The van der Waals surface area contributed by atoms with Crippen LogP contribution in [0.4, 0.5) is 15.8 Å². The molecule has 3 heterocycles. The highest BCUT2D eigenvalue weighted by Gasteiger charge is 2.56. The summed E-state index contributed by atoms with van der Waals surface area (Å²) in [6, 6.07) is 18.9. The molecule has 3 aromatic carbocycles. The van der Waals surface area contributed by atoms with Gasteiger partial charge in [-0.15, -0.1) is 0 Å². The van der Waals surface area contributed by atoms with Gasteiger partial charge in [-0.2, -0.15) is 0 Å². The molecule has 12 heteroatoms. The van der Waals surface area contributed by atoms with Gasteiger partial charge >= 0.3 is 4.87 Å². The number of rotatable bonds is 6. The molecule has 0 spiro atoms. The molecule has 2 aliphatic rings. The van der Waals surface area contributed by atoms with Crippen LogP contribution in [-0.4, -0.2) is 34.6 Å². The van der Waals surface area contributed by atoms with E-state index in [1.807, 2.05) is 0 Å². The second-order valence-corrected chi connectivity index (χ2v) is 12.0. The molecule has 0 radical (unpaired) electrons. The Morgan fingerprint density at radius 2 is 1.66 bits per heavy atom. The van der Waals surface area contributed by atoms with Gasteiger partial charge in [0.05, 0.1) is 23.7 Å². The number of carbonyl (C=O) groups is 3. The maximum absolute atomic E-state index is 13.8. The van der Waals surface area contributed by atoms with E-state index >= 15 is 0 Å². The van der Waals surface area contributed by atoms with Crippen molar-refractivity contribution in [2.24, 2.45) is 5.92 Å². The first-order valence-electron chi connectivity index (χ1n) is 12.5. The number of hydrogen-bond donors (Lipinski definition) is 1. The molecule has 1 N–H and O–H groups in total. The lowest BCUT2D eigenvalue weighted by Gasteiger charge is -2.30. The molecule has 1 aromatic heterocycles. The van der Waals surface area contributed by atoms with E-state index in [2.05, 4.69) is 5.32 Å². The van der Waals surface area contributed by atoms with Gasteiger partial charge < -0.3 is 10.1 Å². The fourth-order valence-corrected chi connectivity index (χ4v) is 8.05. The third kappa shape index (κ3) is 4.94. The molecule has 8 nitrogen and oxygen atoms in total. The standard InChI is InChI=1S/C29H21ClFN3O5S2/c1-39-20-12-8-18(9-13-20)32-21(35)14-33-28-25(41-29(33)38)22(15-2-4-16(30)5-3-15)23-24(40-28)27(37)34(26(23)36)19-10-6-17(31)7-11-19/h2-13,22-24H,14H2,1H3,(H,32,35). The Morgan fingerprint density at radius 1 is 0.976 bits per heavy atom. The molecule has 41 heavy (non-hydrogen) atoms. The number of imide groups is 1. The van der Waals surface area contributed by atoms with E-state index in [0.29, 0.717) is 31.9 Å². The van der Waals surface area contributed by atoms with Gasteiger partial charge in [-0.25, -0.2) is 9.29 Å². The van der Waals surface area contributed by atoms with Crippen LogP contribution in [0, 0.1) is 11.7 Å². The van der Waals surface area contributed by atoms with Crippen molar-refractivity contribution in [3.05, 3.63) is 104 Å². The third-order valence-electron chi connectivity index (χ3n) is 7.04. The SMILES string of the molecule is COc1ccc(NC(=O)Cn2c3c(sc2=O)C(c2ccc(Cl)cc2)C2C(=O)N(c4ccc(F)cc4)C(=O)C2S3)cc1. The normalized spacial score (nSPS) is 19.6. The Labute approximate surface area is 246 Å². The first kappa shape index (κ1) is 27.3. The minimum absolute atomic E-state index is 0.269. The highest BCUT2D eigenvalue weighted by Crippen LogP contribution is 2.53. The van der Waals surface area contributed by atoms with Gasteiger partial charge in [-0.05, 0) is 66.2 Å². The number of nitrogens with one attached hydrogen (secondary N) is 1. The molecular formula is C29H21ClFN3O5S2. The fourth-order valence-electron chi connectivity index (χ4n) is 5.15. The zero-order chi connectivity index (χ0) is 28.8. The summed E-state index contributed by atoms with van der Waals surface area (Å²) in [6.45, 7) is -0.280. The summed E-state index contributed by atoms with van der Waals surface area (Å²) in [6.07, 6.45) is 0. The second kappa shape index (κ2) is 10.8. The Balaban J connectivity index is 1.38. The van der Waals surface area contributed by atoms with E-state index in [-0.39, 0.29) is 17.1 Å². The number of fused-ring (bicyclic) bond motifs is 2. The van der Waals surface area contributed by atoms with Crippen LogP contribution in [0.1, 0.15) is 16.4 Å². The third-order valence-corrected chi connectivity index (χ3v) is 9.89. The van der Waals surface area contributed by atoms with Crippen molar-refractivity contribution in [3.63, 3.8) is 0 Å². The van der Waals surface area contributed by atoms with Gasteiger partial charge in [0.15, 0.2) is 0 Å². The summed E-state index contributed by atoms with van der Waals surface area (Å²) in [5.74, 6) is -2.62. The van der Waals surface area contributed by atoms with Crippen LogP contribution in [0.25, 0.3) is 0 Å². The van der Waals surface area contributed by atoms with Crippen molar-refractivity contribution in [2.45, 2.75) is 22.7 Å². The summed E-state index contributed by atoms with van der Waals surface area (Å²) in [4.78, 5) is 55.1. The van der Waals surface area contributed by atoms with Gasteiger partial charge in [-0.3, -0.25) is 23.7 Å². The van der Waals surface area contributed by atoms with Gasteiger partial charge in [0, 0.05) is 21.5 Å². The number of methoxy groups -OCH3 is 1. The van der Waals surface area contributed by atoms with E-state index in [4.69, 9.17) is 16.3 Å². The van der Waals surface area contributed by atoms with Crippen molar-refractivity contribution in [1.29, 1.82) is 0 Å². The molecule has 1 saturated heterocycles. The first-order chi connectivity index (χ1) is 19.7. The van der Waals surface area contributed by atoms with Crippen molar-refractivity contribution < 1.29 is 23.5 Å². The van der Waals surface area contributed by atoms with Crippen molar-refractivity contribution in [2.75, 3.05) is 17.3 Å².